The minimum atomic E-state index is -1.66. The van der Waals surface area contributed by atoms with Gasteiger partial charge in [0.1, 0.15) is 5.82 Å². The number of anilines is 3. The van der Waals surface area contributed by atoms with Crippen LogP contribution in [0.2, 0.25) is 0 Å². The number of halogens is 3. The van der Waals surface area contributed by atoms with Crippen molar-refractivity contribution in [1.29, 1.82) is 5.26 Å². The van der Waals surface area contributed by atoms with Gasteiger partial charge < -0.3 is 10.6 Å². The fraction of sp³-hybridized carbons (Fsp3) is 0. The molecule has 1 amide bonds. The summed E-state index contributed by atoms with van der Waals surface area (Å²) in [7, 11) is 0. The Hall–Kier alpha value is -3.86. The van der Waals surface area contributed by atoms with E-state index in [1.807, 2.05) is 6.07 Å². The van der Waals surface area contributed by atoms with Crippen LogP contribution in [0.3, 0.4) is 0 Å². The monoisotopic (exact) mass is 368 g/mol. The Labute approximate surface area is 152 Å². The summed E-state index contributed by atoms with van der Waals surface area (Å²) in [4.78, 5) is 16.3. The van der Waals surface area contributed by atoms with Crippen molar-refractivity contribution < 1.29 is 18.0 Å². The molecule has 0 saturated heterocycles. The van der Waals surface area contributed by atoms with Crippen molar-refractivity contribution in [3.05, 3.63) is 83.3 Å². The van der Waals surface area contributed by atoms with E-state index < -0.39 is 29.0 Å². The molecule has 3 rings (SSSR count). The molecule has 27 heavy (non-hydrogen) atoms. The predicted octanol–water partition coefficient (Wildman–Crippen LogP) is 4.37. The molecule has 1 aromatic heterocycles. The first-order chi connectivity index (χ1) is 13.0. The summed E-state index contributed by atoms with van der Waals surface area (Å²) in [6.07, 6.45) is 1.36. The van der Waals surface area contributed by atoms with Crippen molar-refractivity contribution in [2.75, 3.05) is 10.6 Å². The van der Waals surface area contributed by atoms with Gasteiger partial charge in [0.25, 0.3) is 5.91 Å². The van der Waals surface area contributed by atoms with Crippen molar-refractivity contribution in [2.24, 2.45) is 0 Å². The maximum absolute atomic E-state index is 13.7. The second kappa shape index (κ2) is 7.58. The highest BCUT2D eigenvalue weighted by Crippen LogP contribution is 2.21. The zero-order valence-corrected chi connectivity index (χ0v) is 13.6. The van der Waals surface area contributed by atoms with E-state index in [-0.39, 0.29) is 5.56 Å². The average molecular weight is 368 g/mol. The van der Waals surface area contributed by atoms with Crippen LogP contribution in [0.15, 0.2) is 54.7 Å². The smallest absolute Gasteiger partial charge is 0.255 e. The van der Waals surface area contributed by atoms with Crippen LogP contribution in [0.4, 0.5) is 30.4 Å². The number of hydrogen-bond acceptors (Lipinski definition) is 4. The molecule has 134 valence electrons. The summed E-state index contributed by atoms with van der Waals surface area (Å²) in [5.41, 5.74) is 0.795. The van der Waals surface area contributed by atoms with Crippen molar-refractivity contribution in [3.63, 3.8) is 0 Å². The van der Waals surface area contributed by atoms with Crippen molar-refractivity contribution in [3.8, 4) is 6.07 Å². The molecule has 0 aliphatic carbocycles. The van der Waals surface area contributed by atoms with Crippen molar-refractivity contribution in [2.45, 2.75) is 0 Å². The topological polar surface area (TPSA) is 77.8 Å². The molecule has 5 nitrogen and oxygen atoms in total. The number of aromatic nitrogens is 1. The Balaban J connectivity index is 1.77. The molecule has 2 aromatic carbocycles. The van der Waals surface area contributed by atoms with Crippen LogP contribution in [-0.2, 0) is 0 Å². The summed E-state index contributed by atoms with van der Waals surface area (Å²) >= 11 is 0. The van der Waals surface area contributed by atoms with Crippen molar-refractivity contribution in [1.82, 2.24) is 4.98 Å². The molecule has 8 heteroatoms. The maximum Gasteiger partial charge on any atom is 0.255 e. The predicted molar refractivity (Wildman–Crippen MR) is 92.9 cm³/mol. The SMILES string of the molecule is N#Cc1ccc(Nc2cc(C(=O)Nc3ccc(F)c(F)c3F)ccn2)cc1. The van der Waals surface area contributed by atoms with Crippen molar-refractivity contribution >= 4 is 23.1 Å². The average Bonchev–Trinajstić information content (AvgIpc) is 2.69. The van der Waals surface area contributed by atoms with Crippen LogP contribution in [0, 0.1) is 28.8 Å². The van der Waals surface area contributed by atoms with Crippen LogP contribution >= 0.6 is 0 Å². The van der Waals surface area contributed by atoms with Gasteiger partial charge in [-0.15, -0.1) is 0 Å². The van der Waals surface area contributed by atoms with Gasteiger partial charge in [-0.25, -0.2) is 18.2 Å². The summed E-state index contributed by atoms with van der Waals surface area (Å²) in [5.74, 6) is -4.87. The van der Waals surface area contributed by atoms with Gasteiger partial charge in [0, 0.05) is 17.4 Å². The quantitative estimate of drug-likeness (QED) is 0.671. The van der Waals surface area contributed by atoms with E-state index in [1.165, 1.54) is 18.3 Å². The van der Waals surface area contributed by atoms with Gasteiger partial charge in [0.05, 0.1) is 17.3 Å². The summed E-state index contributed by atoms with van der Waals surface area (Å²) in [6.45, 7) is 0. The standard InChI is InChI=1S/C19H11F3N4O/c20-14-5-6-15(18(22)17(14)21)26-19(27)12-7-8-24-16(9-12)25-13-3-1-11(10-23)2-4-13/h1-9H,(H,24,25)(H,26,27). The molecule has 2 N–H and O–H groups in total. The Morgan fingerprint density at radius 2 is 1.74 bits per heavy atom. The Kier molecular flexibility index (Phi) is 5.04. The van der Waals surface area contributed by atoms with Gasteiger partial charge in [-0.3, -0.25) is 4.79 Å². The number of nitrogens with zero attached hydrogens (tertiary/aromatic N) is 2. The lowest BCUT2D eigenvalue weighted by atomic mass is 10.2. The largest absolute Gasteiger partial charge is 0.340 e. The molecule has 0 saturated carbocycles. The first-order valence-electron chi connectivity index (χ1n) is 7.66. The molecular formula is C19H11F3N4O. The van der Waals surface area contributed by atoms with Crippen LogP contribution in [0.1, 0.15) is 15.9 Å². The second-order valence-electron chi connectivity index (χ2n) is 5.42. The molecule has 0 atom stereocenters. The normalized spacial score (nSPS) is 10.1. The van der Waals surface area contributed by atoms with E-state index >= 15 is 0 Å². The highest BCUT2D eigenvalue weighted by Gasteiger charge is 2.16. The number of pyridine rings is 1. The highest BCUT2D eigenvalue weighted by atomic mass is 19.2. The minimum Gasteiger partial charge on any atom is -0.340 e. The molecule has 0 aliphatic rings. The maximum atomic E-state index is 13.7. The van der Waals surface area contributed by atoms with Gasteiger partial charge in [-0.2, -0.15) is 5.26 Å². The Bertz CT molecular complexity index is 1050. The van der Waals surface area contributed by atoms with Gasteiger partial charge in [0.2, 0.25) is 0 Å². The lowest BCUT2D eigenvalue weighted by Crippen LogP contribution is -2.14. The number of benzene rings is 2. The number of carbonyl (C=O) groups is 1. The van der Waals surface area contributed by atoms with E-state index in [0.717, 1.165) is 12.1 Å². The second-order valence-corrected chi connectivity index (χ2v) is 5.42. The lowest BCUT2D eigenvalue weighted by Gasteiger charge is -2.09. The first-order valence-corrected chi connectivity index (χ1v) is 7.66. The van der Waals surface area contributed by atoms with E-state index in [0.29, 0.717) is 17.1 Å². The molecular weight excluding hydrogens is 357 g/mol. The third-order valence-corrected chi connectivity index (χ3v) is 3.59. The molecule has 0 spiro atoms. The molecule has 1 heterocycles. The molecule has 0 unspecified atom stereocenters. The van der Waals surface area contributed by atoms with Crippen LogP contribution in [0.25, 0.3) is 0 Å². The van der Waals surface area contributed by atoms with E-state index in [4.69, 9.17) is 5.26 Å². The number of nitriles is 1. The minimum absolute atomic E-state index is 0.130. The fourth-order valence-corrected chi connectivity index (χ4v) is 2.23. The number of nitrogens with one attached hydrogen (secondary N) is 2. The van der Waals surface area contributed by atoms with E-state index in [1.54, 1.807) is 24.3 Å². The molecule has 0 bridgehead atoms. The van der Waals surface area contributed by atoms with Gasteiger partial charge in [-0.05, 0) is 48.5 Å². The Morgan fingerprint density at radius 3 is 2.44 bits per heavy atom. The van der Waals surface area contributed by atoms with Crippen LogP contribution in [0.5, 0.6) is 0 Å². The lowest BCUT2D eigenvalue weighted by molar-refractivity contribution is 0.102. The zero-order valence-electron chi connectivity index (χ0n) is 13.6. The first kappa shape index (κ1) is 17.9. The molecule has 3 aromatic rings. The van der Waals surface area contributed by atoms with Crippen LogP contribution in [-0.4, -0.2) is 10.9 Å². The third kappa shape index (κ3) is 4.04. The fourth-order valence-electron chi connectivity index (χ4n) is 2.23. The molecule has 0 fully saturated rings. The van der Waals surface area contributed by atoms with E-state index in [9.17, 15) is 18.0 Å². The number of rotatable bonds is 4. The van der Waals surface area contributed by atoms with Gasteiger partial charge in [0.15, 0.2) is 17.5 Å². The summed E-state index contributed by atoms with van der Waals surface area (Å²) < 4.78 is 39.9. The zero-order chi connectivity index (χ0) is 19.4. The van der Waals surface area contributed by atoms with Gasteiger partial charge >= 0.3 is 0 Å². The summed E-state index contributed by atoms with van der Waals surface area (Å²) in [6, 6.07) is 13.0. The third-order valence-electron chi connectivity index (χ3n) is 3.59. The Morgan fingerprint density at radius 1 is 1.00 bits per heavy atom. The highest BCUT2D eigenvalue weighted by molar-refractivity contribution is 6.04. The summed E-state index contributed by atoms with van der Waals surface area (Å²) in [5, 5.41) is 13.9. The van der Waals surface area contributed by atoms with E-state index in [2.05, 4.69) is 15.6 Å². The number of hydrogen-bond donors (Lipinski definition) is 2. The van der Waals surface area contributed by atoms with Crippen LogP contribution < -0.4 is 10.6 Å². The molecule has 0 aliphatic heterocycles. The molecule has 0 radical (unpaired) electrons. The number of amides is 1. The van der Waals surface area contributed by atoms with Gasteiger partial charge in [-0.1, -0.05) is 0 Å². The number of carbonyl (C=O) groups excluding carboxylic acids is 1.